The molecule has 0 bridgehead atoms. The Morgan fingerprint density at radius 1 is 0.470 bits per heavy atom. The molecule has 0 unspecified atom stereocenters. The minimum absolute atomic E-state index is 0.128. The number of imidazole rings is 1. The molecule has 0 aliphatic carbocycles. The fourth-order valence-electron chi connectivity index (χ4n) is 8.83. The van der Waals surface area contributed by atoms with Gasteiger partial charge in [0, 0.05) is 36.7 Å². The summed E-state index contributed by atoms with van der Waals surface area (Å²) in [5.41, 5.74) is 13.7. The second-order valence-electron chi connectivity index (χ2n) is 20.6. The zero-order chi connectivity index (χ0) is 51.7. The maximum Gasteiger partial charge on any atom is 0.149 e. The van der Waals surface area contributed by atoms with Crippen molar-refractivity contribution in [2.75, 3.05) is 0 Å². The van der Waals surface area contributed by atoms with Gasteiger partial charge in [0.2, 0.25) is 0 Å². The van der Waals surface area contributed by atoms with Gasteiger partial charge in [-0.1, -0.05) is 165 Å². The standard InChI is InChI=1S/C62H61N3O/c1-39-25-26-43(31-40(39)2)44-29-30-63-54(35-44)47-33-45(41-19-14-12-15-20-41)32-46(34-47)50-23-18-24-56-57(50)64-59(52-37-49(61(6,7)8)38-53(58(52)66)62(9,10)11)65(56)55-28-27-48(60(3,4)5)36-51(55)42-21-16-13-17-22-42/h12-38,66H,1-11H3/i1D3,2D3. The van der Waals surface area contributed by atoms with Crippen LogP contribution < -0.4 is 0 Å². The van der Waals surface area contributed by atoms with Gasteiger partial charge < -0.3 is 5.11 Å². The average molecular weight is 870 g/mol. The van der Waals surface area contributed by atoms with Crippen molar-refractivity contribution in [2.24, 2.45) is 0 Å². The predicted molar refractivity (Wildman–Crippen MR) is 279 cm³/mol. The fraction of sp³-hybridized carbons (Fsp3) is 0.226. The van der Waals surface area contributed by atoms with Gasteiger partial charge in [-0.05, 0) is 140 Å². The van der Waals surface area contributed by atoms with E-state index < -0.39 is 13.7 Å². The van der Waals surface area contributed by atoms with E-state index in [1.165, 1.54) is 17.7 Å². The van der Waals surface area contributed by atoms with Crippen LogP contribution in [-0.4, -0.2) is 19.6 Å². The van der Waals surface area contributed by atoms with E-state index >= 15 is 0 Å². The first kappa shape index (κ1) is 37.2. The summed E-state index contributed by atoms with van der Waals surface area (Å²) in [5, 5.41) is 12.6. The van der Waals surface area contributed by atoms with Crippen LogP contribution >= 0.6 is 0 Å². The Morgan fingerprint density at radius 2 is 1.12 bits per heavy atom. The third-order valence-electron chi connectivity index (χ3n) is 12.7. The molecule has 0 spiro atoms. The van der Waals surface area contributed by atoms with Gasteiger partial charge in [-0.15, -0.1) is 0 Å². The molecule has 4 nitrogen and oxygen atoms in total. The smallest absolute Gasteiger partial charge is 0.149 e. The van der Waals surface area contributed by atoms with Gasteiger partial charge in [-0.2, -0.15) is 0 Å². The summed E-state index contributed by atoms with van der Waals surface area (Å²) in [6.07, 6.45) is 1.69. The second-order valence-corrected chi connectivity index (χ2v) is 20.6. The van der Waals surface area contributed by atoms with Crippen molar-refractivity contribution < 1.29 is 13.3 Å². The monoisotopic (exact) mass is 870 g/mol. The normalized spacial score (nSPS) is 14.0. The SMILES string of the molecule is [2H]C([2H])([2H])c1ccc(-c2ccnc(-c3cc(-c4ccccc4)cc(-c4cccc5c4nc(-c4cc(C(C)(C)C)cc(C(C)(C)C)c4O)n5-c4ccc(C(C)(C)C)cc4-c4ccccc4)c3)c2)cc1C([2H])([2H])[2H]. The van der Waals surface area contributed by atoms with E-state index in [2.05, 4.69) is 170 Å². The molecule has 0 fully saturated rings. The maximum absolute atomic E-state index is 12.6. The number of aryl methyl sites for hydroxylation is 2. The lowest BCUT2D eigenvalue weighted by Crippen LogP contribution is -2.17. The Bertz CT molecular complexity index is 3500. The average Bonchev–Trinajstić information content (AvgIpc) is 3.72. The number of hydrogen-bond acceptors (Lipinski definition) is 3. The summed E-state index contributed by atoms with van der Waals surface area (Å²) >= 11 is 0. The van der Waals surface area contributed by atoms with Crippen LogP contribution in [0.4, 0.5) is 0 Å². The largest absolute Gasteiger partial charge is 0.507 e. The molecular weight excluding hydrogens is 803 g/mol. The lowest BCUT2D eigenvalue weighted by atomic mass is 9.79. The molecule has 2 heterocycles. The quantitative estimate of drug-likeness (QED) is 0.174. The molecule has 0 atom stereocenters. The minimum Gasteiger partial charge on any atom is -0.507 e. The van der Waals surface area contributed by atoms with E-state index in [1.54, 1.807) is 18.3 Å². The third-order valence-corrected chi connectivity index (χ3v) is 12.7. The number of hydrogen-bond donors (Lipinski definition) is 1. The molecule has 7 aromatic carbocycles. The summed E-state index contributed by atoms with van der Waals surface area (Å²) in [5.74, 6) is 0.807. The lowest BCUT2D eigenvalue weighted by molar-refractivity contribution is 0.446. The van der Waals surface area contributed by atoms with Crippen LogP contribution in [0, 0.1) is 13.7 Å². The van der Waals surface area contributed by atoms with Crippen LogP contribution in [0.15, 0.2) is 164 Å². The molecule has 1 N–H and O–H groups in total. The van der Waals surface area contributed by atoms with E-state index in [-0.39, 0.29) is 33.1 Å². The van der Waals surface area contributed by atoms with E-state index in [1.807, 2.05) is 30.3 Å². The molecule has 2 aromatic heterocycles. The molecule has 0 radical (unpaired) electrons. The van der Waals surface area contributed by atoms with Crippen molar-refractivity contribution in [1.29, 1.82) is 0 Å². The Morgan fingerprint density at radius 3 is 1.80 bits per heavy atom. The summed E-state index contributed by atoms with van der Waals surface area (Å²) in [4.78, 5) is 10.5. The molecule has 330 valence electrons. The zero-order valence-corrected chi connectivity index (χ0v) is 39.4. The molecule has 0 saturated heterocycles. The van der Waals surface area contributed by atoms with E-state index in [9.17, 15) is 5.11 Å². The summed E-state index contributed by atoms with van der Waals surface area (Å²) in [6, 6.07) is 52.5. The number of nitrogens with zero attached hydrogens (tertiary/aromatic N) is 3. The minimum atomic E-state index is -2.63. The van der Waals surface area contributed by atoms with Crippen molar-refractivity contribution in [1.82, 2.24) is 14.5 Å². The highest BCUT2D eigenvalue weighted by Gasteiger charge is 2.30. The number of phenolic OH excluding ortho intramolecular Hbond substituents is 1. The summed E-state index contributed by atoms with van der Waals surface area (Å²) in [7, 11) is 0. The fourth-order valence-corrected chi connectivity index (χ4v) is 8.83. The van der Waals surface area contributed by atoms with Gasteiger partial charge in [0.25, 0.3) is 0 Å². The molecule has 9 aromatic rings. The second kappa shape index (κ2) is 16.7. The zero-order valence-electron chi connectivity index (χ0n) is 45.4. The van der Waals surface area contributed by atoms with Crippen LogP contribution in [-0.2, 0) is 16.2 Å². The number of pyridine rings is 1. The Kier molecular flexibility index (Phi) is 9.44. The number of aromatic nitrogens is 3. The Balaban J connectivity index is 1.33. The first-order chi connectivity index (χ1) is 33.8. The molecule has 0 aliphatic heterocycles. The number of fused-ring (bicyclic) bond motifs is 1. The molecule has 0 aliphatic rings. The first-order valence-electron chi connectivity index (χ1n) is 25.7. The van der Waals surface area contributed by atoms with Gasteiger partial charge in [0.1, 0.15) is 11.6 Å². The highest BCUT2D eigenvalue weighted by molar-refractivity contribution is 5.98. The molecule has 0 saturated carbocycles. The predicted octanol–water partition coefficient (Wildman–Crippen LogP) is 16.6. The van der Waals surface area contributed by atoms with Crippen LogP contribution in [0.25, 0.3) is 83.9 Å². The highest BCUT2D eigenvalue weighted by Crippen LogP contribution is 2.46. The molecule has 0 amide bonds. The van der Waals surface area contributed by atoms with Gasteiger partial charge in [-0.3, -0.25) is 9.55 Å². The topological polar surface area (TPSA) is 50.9 Å². The van der Waals surface area contributed by atoms with Crippen molar-refractivity contribution in [3.8, 4) is 78.6 Å². The molecule has 4 heteroatoms. The van der Waals surface area contributed by atoms with Gasteiger partial charge in [0.05, 0.1) is 28.0 Å². The highest BCUT2D eigenvalue weighted by atomic mass is 16.3. The number of para-hydroxylation sites is 1. The van der Waals surface area contributed by atoms with E-state index in [0.717, 1.165) is 66.8 Å². The van der Waals surface area contributed by atoms with Crippen LogP contribution in [0.1, 0.15) is 98.4 Å². The lowest BCUT2D eigenvalue weighted by Gasteiger charge is -2.28. The van der Waals surface area contributed by atoms with E-state index in [0.29, 0.717) is 28.2 Å². The summed E-state index contributed by atoms with van der Waals surface area (Å²) in [6.45, 7) is 14.4. The van der Waals surface area contributed by atoms with Crippen LogP contribution in [0.5, 0.6) is 5.75 Å². The first-order valence-corrected chi connectivity index (χ1v) is 22.7. The number of benzene rings is 7. The molecular formula is C62H61N3O. The number of rotatable bonds is 7. The van der Waals surface area contributed by atoms with Crippen molar-refractivity contribution >= 4 is 11.0 Å². The van der Waals surface area contributed by atoms with E-state index in [4.69, 9.17) is 18.2 Å². The van der Waals surface area contributed by atoms with Gasteiger partial charge >= 0.3 is 0 Å². The van der Waals surface area contributed by atoms with Crippen molar-refractivity contribution in [3.63, 3.8) is 0 Å². The summed E-state index contributed by atoms with van der Waals surface area (Å²) < 4.78 is 51.0. The number of phenols is 1. The molecule has 66 heavy (non-hydrogen) atoms. The molecule has 9 rings (SSSR count). The van der Waals surface area contributed by atoms with Crippen molar-refractivity contribution in [2.45, 2.75) is 92.3 Å². The van der Waals surface area contributed by atoms with Crippen LogP contribution in [0.2, 0.25) is 0 Å². The maximum atomic E-state index is 12.6. The van der Waals surface area contributed by atoms with Crippen LogP contribution in [0.3, 0.4) is 0 Å². The van der Waals surface area contributed by atoms with Crippen molar-refractivity contribution in [3.05, 3.63) is 192 Å². The van der Waals surface area contributed by atoms with Gasteiger partial charge in [-0.25, -0.2) is 4.98 Å². The number of aromatic hydroxyl groups is 1. The third kappa shape index (κ3) is 8.49. The van der Waals surface area contributed by atoms with Gasteiger partial charge in [0.15, 0.2) is 0 Å². The Labute approximate surface area is 400 Å². The Hall–Kier alpha value is -7.04.